The van der Waals surface area contributed by atoms with Gasteiger partial charge in [-0.3, -0.25) is 9.69 Å². The molecular weight excluding hydrogens is 397 g/mol. The highest BCUT2D eigenvalue weighted by atomic mass is 19.1. The molecule has 31 heavy (non-hydrogen) atoms. The number of carbonyl (C=O) groups excluding carboxylic acids is 1. The van der Waals surface area contributed by atoms with E-state index in [-0.39, 0.29) is 24.2 Å². The highest BCUT2D eigenvalue weighted by Gasteiger charge is 2.43. The first kappa shape index (κ1) is 20.7. The smallest absolute Gasteiger partial charge is 0.238 e. The molecule has 2 unspecified atom stereocenters. The van der Waals surface area contributed by atoms with E-state index in [0.29, 0.717) is 23.6 Å². The van der Waals surface area contributed by atoms with E-state index in [2.05, 4.69) is 26.5 Å². The summed E-state index contributed by atoms with van der Waals surface area (Å²) in [4.78, 5) is 17.2. The number of benzene rings is 1. The first-order valence-electron chi connectivity index (χ1n) is 11.4. The zero-order chi connectivity index (χ0) is 21.4. The van der Waals surface area contributed by atoms with Crippen LogP contribution in [0.2, 0.25) is 0 Å². The minimum absolute atomic E-state index is 0.134. The molecular formula is C23H30FN5O2. The Hall–Kier alpha value is -2.21. The summed E-state index contributed by atoms with van der Waals surface area (Å²) in [5, 5.41) is 15.7. The molecule has 4 atom stereocenters. The lowest BCUT2D eigenvalue weighted by Gasteiger charge is -2.43. The first-order chi connectivity index (χ1) is 15.1. The second-order valence-electron chi connectivity index (χ2n) is 9.30. The number of halogens is 1. The van der Waals surface area contributed by atoms with Crippen LogP contribution >= 0.6 is 0 Å². The number of anilines is 1. The topological polar surface area (TPSA) is 80.6 Å². The van der Waals surface area contributed by atoms with Crippen LogP contribution in [0, 0.1) is 23.1 Å². The molecule has 0 radical (unpaired) electrons. The zero-order valence-corrected chi connectivity index (χ0v) is 17.7. The van der Waals surface area contributed by atoms with Crippen molar-refractivity contribution in [3.63, 3.8) is 0 Å². The van der Waals surface area contributed by atoms with E-state index < -0.39 is 6.04 Å². The van der Waals surface area contributed by atoms with Crippen LogP contribution in [0.25, 0.3) is 0 Å². The summed E-state index contributed by atoms with van der Waals surface area (Å²) in [5.41, 5.74) is 1.33. The van der Waals surface area contributed by atoms with Crippen molar-refractivity contribution in [3.05, 3.63) is 29.6 Å². The minimum atomic E-state index is -0.734. The summed E-state index contributed by atoms with van der Waals surface area (Å²) in [5.74, 6) is -0.0944. The van der Waals surface area contributed by atoms with Gasteiger partial charge in [0.25, 0.3) is 0 Å². The second kappa shape index (κ2) is 8.73. The quantitative estimate of drug-likeness (QED) is 0.706. The molecule has 2 bridgehead atoms. The Labute approximate surface area is 182 Å². The Morgan fingerprint density at radius 3 is 2.68 bits per heavy atom. The summed E-state index contributed by atoms with van der Waals surface area (Å²) in [6, 6.07) is 7.38. The average molecular weight is 428 g/mol. The number of amides is 1. The number of piperazine rings is 1. The fraction of sp³-hybridized carbons (Fsp3) is 0.652. The van der Waals surface area contributed by atoms with Crippen molar-refractivity contribution >= 4 is 11.6 Å². The highest BCUT2D eigenvalue weighted by Crippen LogP contribution is 2.35. The number of carbonyl (C=O) groups is 1. The maximum absolute atomic E-state index is 14.8. The summed E-state index contributed by atoms with van der Waals surface area (Å²) < 4.78 is 20.1. The van der Waals surface area contributed by atoms with Gasteiger partial charge >= 0.3 is 0 Å². The molecule has 7 nitrogen and oxygen atoms in total. The third kappa shape index (κ3) is 4.27. The van der Waals surface area contributed by atoms with E-state index in [9.17, 15) is 14.4 Å². The largest absolute Gasteiger partial charge is 0.378 e. The van der Waals surface area contributed by atoms with Gasteiger partial charge in [-0.25, -0.2) is 4.39 Å². The fourth-order valence-corrected chi connectivity index (χ4v) is 5.44. The van der Waals surface area contributed by atoms with Crippen molar-refractivity contribution in [1.29, 1.82) is 5.26 Å². The van der Waals surface area contributed by atoms with Gasteiger partial charge in [-0.1, -0.05) is 6.07 Å². The number of hydrogen-bond acceptors (Lipinski definition) is 6. The van der Waals surface area contributed by atoms with Gasteiger partial charge in [0.15, 0.2) is 0 Å². The molecule has 1 aromatic carbocycles. The molecule has 0 aromatic heterocycles. The van der Waals surface area contributed by atoms with Crippen LogP contribution < -0.4 is 15.5 Å². The minimum Gasteiger partial charge on any atom is -0.378 e. The van der Waals surface area contributed by atoms with Gasteiger partial charge in [0.05, 0.1) is 31.4 Å². The maximum Gasteiger partial charge on any atom is 0.238 e. The fourth-order valence-electron chi connectivity index (χ4n) is 5.44. The third-order valence-corrected chi connectivity index (χ3v) is 7.39. The molecule has 8 heteroatoms. The summed E-state index contributed by atoms with van der Waals surface area (Å²) in [7, 11) is 0. The van der Waals surface area contributed by atoms with Crippen LogP contribution in [0.3, 0.4) is 0 Å². The monoisotopic (exact) mass is 427 g/mol. The molecule has 2 N–H and O–H groups in total. The van der Waals surface area contributed by atoms with Crippen LogP contribution in [-0.2, 0) is 16.0 Å². The summed E-state index contributed by atoms with van der Waals surface area (Å²) in [6.07, 6.45) is 3.39. The van der Waals surface area contributed by atoms with Gasteiger partial charge in [-0.15, -0.1) is 0 Å². The molecule has 1 saturated carbocycles. The number of piperidine rings is 1. The molecule has 0 spiro atoms. The number of nitrogens with one attached hydrogen (secondary N) is 2. The summed E-state index contributed by atoms with van der Waals surface area (Å²) in [6.45, 7) is 5.27. The maximum atomic E-state index is 14.8. The standard InChI is InChI=1S/C23H30FN5O2/c24-21-11-19(28-5-7-29(8-6-28)20-13-31-14-20)4-2-15(21)9-18(12-25)27-23(30)22-16-1-3-17(10-16)26-22/h2,4,11,16-18,20,22,26H,1,3,5-10,13-14H2,(H,27,30)/t16?,17?,18-,22-/m0/s1. The first-order valence-corrected chi connectivity index (χ1v) is 11.4. The van der Waals surface area contributed by atoms with Crippen molar-refractivity contribution in [2.45, 2.75) is 49.9 Å². The number of ether oxygens (including phenoxy) is 1. The Morgan fingerprint density at radius 2 is 2.10 bits per heavy atom. The van der Waals surface area contributed by atoms with Crippen LogP contribution in [-0.4, -0.2) is 74.4 Å². The van der Waals surface area contributed by atoms with Crippen molar-refractivity contribution in [2.75, 3.05) is 44.3 Å². The van der Waals surface area contributed by atoms with Crippen LogP contribution in [0.5, 0.6) is 0 Å². The molecule has 1 aliphatic carbocycles. The van der Waals surface area contributed by atoms with Crippen LogP contribution in [0.15, 0.2) is 18.2 Å². The van der Waals surface area contributed by atoms with Gasteiger partial charge in [-0.2, -0.15) is 5.26 Å². The van der Waals surface area contributed by atoms with Gasteiger partial charge in [0.1, 0.15) is 11.9 Å². The van der Waals surface area contributed by atoms with E-state index in [0.717, 1.165) is 64.3 Å². The molecule has 4 fully saturated rings. The van der Waals surface area contributed by atoms with Gasteiger partial charge < -0.3 is 20.3 Å². The van der Waals surface area contributed by atoms with Crippen LogP contribution in [0.1, 0.15) is 24.8 Å². The Morgan fingerprint density at radius 1 is 1.29 bits per heavy atom. The normalized spacial score (nSPS) is 29.4. The summed E-state index contributed by atoms with van der Waals surface area (Å²) >= 11 is 0. The number of rotatable bonds is 6. The lowest BCUT2D eigenvalue weighted by atomic mass is 9.98. The predicted octanol–water partition coefficient (Wildman–Crippen LogP) is 1.04. The van der Waals surface area contributed by atoms with Crippen molar-refractivity contribution in [1.82, 2.24) is 15.5 Å². The lowest BCUT2D eigenvalue weighted by molar-refractivity contribution is -0.124. The second-order valence-corrected chi connectivity index (χ2v) is 9.30. The molecule has 3 saturated heterocycles. The van der Waals surface area contributed by atoms with Crippen molar-refractivity contribution in [3.8, 4) is 6.07 Å². The van der Waals surface area contributed by atoms with Crippen LogP contribution in [0.4, 0.5) is 10.1 Å². The van der Waals surface area contributed by atoms with Gasteiger partial charge in [0.2, 0.25) is 5.91 Å². The van der Waals surface area contributed by atoms with Gasteiger partial charge in [-0.05, 0) is 42.9 Å². The Kier molecular flexibility index (Phi) is 5.83. The van der Waals surface area contributed by atoms with Crippen molar-refractivity contribution in [2.24, 2.45) is 5.92 Å². The van der Waals surface area contributed by atoms with Gasteiger partial charge in [0, 0.05) is 44.3 Å². The molecule has 1 amide bonds. The zero-order valence-electron chi connectivity index (χ0n) is 17.7. The van der Waals surface area contributed by atoms with E-state index >= 15 is 0 Å². The molecule has 3 heterocycles. The van der Waals surface area contributed by atoms with E-state index in [1.54, 1.807) is 12.1 Å². The predicted molar refractivity (Wildman–Crippen MR) is 114 cm³/mol. The van der Waals surface area contributed by atoms with E-state index in [1.807, 2.05) is 6.07 Å². The van der Waals surface area contributed by atoms with Crippen molar-refractivity contribution < 1.29 is 13.9 Å². The highest BCUT2D eigenvalue weighted by molar-refractivity contribution is 5.83. The number of fused-ring (bicyclic) bond motifs is 2. The van der Waals surface area contributed by atoms with E-state index in [1.165, 1.54) is 0 Å². The Bertz CT molecular complexity index is 862. The average Bonchev–Trinajstić information content (AvgIpc) is 3.37. The van der Waals surface area contributed by atoms with E-state index in [4.69, 9.17) is 4.74 Å². The number of hydrogen-bond donors (Lipinski definition) is 2. The number of nitrogens with zero attached hydrogens (tertiary/aromatic N) is 3. The SMILES string of the molecule is N#C[C@H](Cc1ccc(N2CCN(C3COC3)CC2)cc1F)NC(=O)[C@H]1NC2CCC1C2. The molecule has 3 aliphatic heterocycles. The Balaban J connectivity index is 1.16. The molecule has 4 aliphatic rings. The molecule has 5 rings (SSSR count). The molecule has 166 valence electrons. The third-order valence-electron chi connectivity index (χ3n) is 7.39. The molecule has 1 aromatic rings. The lowest BCUT2D eigenvalue weighted by Crippen LogP contribution is -2.56. The number of nitriles is 1.